The molecular weight excluding hydrogens is 314 g/mol. The van der Waals surface area contributed by atoms with Crippen LogP contribution in [0.2, 0.25) is 0 Å². The lowest BCUT2D eigenvalue weighted by Crippen LogP contribution is -2.49. The van der Waals surface area contributed by atoms with Crippen LogP contribution in [0.4, 0.5) is 5.69 Å². The molecule has 25 heavy (non-hydrogen) atoms. The summed E-state index contributed by atoms with van der Waals surface area (Å²) < 4.78 is 0. The number of nitrogens with zero attached hydrogens (tertiary/aromatic N) is 1. The Morgan fingerprint density at radius 3 is 2.00 bits per heavy atom. The Morgan fingerprint density at radius 1 is 0.960 bits per heavy atom. The number of aryl methyl sites for hydroxylation is 1. The maximum absolute atomic E-state index is 12.2. The summed E-state index contributed by atoms with van der Waals surface area (Å²) >= 11 is 0. The summed E-state index contributed by atoms with van der Waals surface area (Å²) in [6.07, 6.45) is 0.878. The first kappa shape index (κ1) is 21.2. The molecule has 0 bridgehead atoms. The van der Waals surface area contributed by atoms with Crippen molar-refractivity contribution in [3.8, 4) is 0 Å². The molecule has 2 amide bonds. The van der Waals surface area contributed by atoms with Gasteiger partial charge in [0.1, 0.15) is 0 Å². The molecule has 0 atom stereocenters. The molecule has 0 aliphatic rings. The molecule has 2 N–H and O–H groups in total. The maximum atomic E-state index is 12.2. The van der Waals surface area contributed by atoms with Crippen LogP contribution in [0.1, 0.15) is 46.6 Å². The van der Waals surface area contributed by atoms with Gasteiger partial charge in [-0.25, -0.2) is 0 Å². The number of amides is 2. The molecule has 1 aromatic rings. The molecule has 0 radical (unpaired) electrons. The van der Waals surface area contributed by atoms with Gasteiger partial charge in [0.2, 0.25) is 11.8 Å². The fourth-order valence-corrected chi connectivity index (χ4v) is 3.17. The normalized spacial score (nSPS) is 12.2. The van der Waals surface area contributed by atoms with Gasteiger partial charge in [-0.15, -0.1) is 0 Å². The van der Waals surface area contributed by atoms with Crippen LogP contribution >= 0.6 is 0 Å². The van der Waals surface area contributed by atoms with Crippen molar-refractivity contribution in [1.82, 2.24) is 10.2 Å². The monoisotopic (exact) mass is 347 g/mol. The predicted molar refractivity (Wildman–Crippen MR) is 104 cm³/mol. The summed E-state index contributed by atoms with van der Waals surface area (Å²) in [5.74, 6) is -0.201. The number of nitrogens with one attached hydrogen (secondary N) is 2. The Labute approximate surface area is 152 Å². The molecule has 0 unspecified atom stereocenters. The molecule has 0 spiro atoms. The summed E-state index contributed by atoms with van der Waals surface area (Å²) in [7, 11) is 1.77. The number of carbonyl (C=O) groups excluding carboxylic acids is 2. The molecule has 0 aliphatic carbocycles. The zero-order valence-corrected chi connectivity index (χ0v) is 16.7. The molecule has 0 fully saturated rings. The smallest absolute Gasteiger partial charge is 0.238 e. The van der Waals surface area contributed by atoms with Gasteiger partial charge in [0.15, 0.2) is 0 Å². The van der Waals surface area contributed by atoms with Gasteiger partial charge in [-0.3, -0.25) is 14.5 Å². The van der Waals surface area contributed by atoms with E-state index in [9.17, 15) is 9.59 Å². The van der Waals surface area contributed by atoms with Gasteiger partial charge in [0.05, 0.1) is 13.1 Å². The number of benzene rings is 1. The van der Waals surface area contributed by atoms with E-state index >= 15 is 0 Å². The number of hydrogen-bond donors (Lipinski definition) is 2. The topological polar surface area (TPSA) is 61.4 Å². The van der Waals surface area contributed by atoms with Crippen LogP contribution in [0.5, 0.6) is 0 Å². The highest BCUT2D eigenvalue weighted by Crippen LogP contribution is 2.26. The van der Waals surface area contributed by atoms with E-state index in [1.54, 1.807) is 11.9 Å². The Hall–Kier alpha value is -1.88. The lowest BCUT2D eigenvalue weighted by molar-refractivity contribution is -0.124. The van der Waals surface area contributed by atoms with Crippen molar-refractivity contribution in [2.45, 2.75) is 53.5 Å². The zero-order valence-electron chi connectivity index (χ0n) is 16.7. The predicted octanol–water partition coefficient (Wildman–Crippen LogP) is 3.20. The van der Waals surface area contributed by atoms with Crippen LogP contribution < -0.4 is 10.6 Å². The number of carbonyl (C=O) groups is 2. The minimum Gasteiger partial charge on any atom is -0.350 e. The van der Waals surface area contributed by atoms with Crippen molar-refractivity contribution in [2.24, 2.45) is 5.41 Å². The minimum atomic E-state index is -0.277. The summed E-state index contributed by atoms with van der Waals surface area (Å²) in [6.45, 7) is 12.9. The van der Waals surface area contributed by atoms with Crippen molar-refractivity contribution in [3.63, 3.8) is 0 Å². The van der Waals surface area contributed by atoms with Crippen molar-refractivity contribution in [3.05, 3.63) is 29.8 Å². The molecule has 0 aliphatic heterocycles. The van der Waals surface area contributed by atoms with Crippen LogP contribution in [0, 0.1) is 12.3 Å². The molecule has 5 heteroatoms. The van der Waals surface area contributed by atoms with E-state index in [0.29, 0.717) is 0 Å². The van der Waals surface area contributed by atoms with E-state index in [2.05, 4.69) is 31.4 Å². The van der Waals surface area contributed by atoms with E-state index in [1.165, 1.54) is 0 Å². The highest BCUT2D eigenvalue weighted by Gasteiger charge is 2.27. The maximum Gasteiger partial charge on any atom is 0.238 e. The Kier molecular flexibility index (Phi) is 7.17. The summed E-state index contributed by atoms with van der Waals surface area (Å²) in [5.41, 5.74) is 1.76. The molecule has 0 aromatic heterocycles. The standard InChI is InChI=1S/C20H33N3O2/c1-15-8-10-16(11-9-15)21-17(24)12-23(7)13-18(25)22-20(5,6)14-19(2,3)4/h8-11H,12-14H2,1-7H3,(H,21,24)(H,22,25). The lowest BCUT2D eigenvalue weighted by atomic mass is 9.82. The van der Waals surface area contributed by atoms with Gasteiger partial charge < -0.3 is 10.6 Å². The van der Waals surface area contributed by atoms with Crippen LogP contribution in [0.25, 0.3) is 0 Å². The van der Waals surface area contributed by atoms with Gasteiger partial charge >= 0.3 is 0 Å². The number of likely N-dealkylation sites (N-methyl/N-ethyl adjacent to an activating group) is 1. The van der Waals surface area contributed by atoms with E-state index in [4.69, 9.17) is 0 Å². The van der Waals surface area contributed by atoms with Crippen LogP contribution in [-0.4, -0.2) is 42.4 Å². The van der Waals surface area contributed by atoms with Gasteiger partial charge in [0, 0.05) is 11.2 Å². The van der Waals surface area contributed by atoms with Crippen LogP contribution in [0.15, 0.2) is 24.3 Å². The first-order valence-electron chi connectivity index (χ1n) is 8.72. The Bertz CT molecular complexity index is 586. The molecule has 140 valence electrons. The van der Waals surface area contributed by atoms with Crippen molar-refractivity contribution in [2.75, 3.05) is 25.5 Å². The molecule has 5 nitrogen and oxygen atoms in total. The third kappa shape index (κ3) is 9.25. The molecular formula is C20H33N3O2. The van der Waals surface area contributed by atoms with Gasteiger partial charge in [-0.1, -0.05) is 38.5 Å². The third-order valence-corrected chi connectivity index (χ3v) is 3.61. The first-order valence-corrected chi connectivity index (χ1v) is 8.72. The number of hydrogen-bond acceptors (Lipinski definition) is 3. The van der Waals surface area contributed by atoms with E-state index < -0.39 is 0 Å². The molecule has 0 heterocycles. The average Bonchev–Trinajstić information content (AvgIpc) is 2.36. The van der Waals surface area contributed by atoms with Crippen molar-refractivity contribution < 1.29 is 9.59 Å². The van der Waals surface area contributed by atoms with Crippen molar-refractivity contribution in [1.29, 1.82) is 0 Å². The molecule has 0 saturated heterocycles. The number of rotatable bonds is 7. The van der Waals surface area contributed by atoms with E-state index in [0.717, 1.165) is 17.7 Å². The largest absolute Gasteiger partial charge is 0.350 e. The summed E-state index contributed by atoms with van der Waals surface area (Å²) in [6, 6.07) is 7.64. The Morgan fingerprint density at radius 2 is 1.48 bits per heavy atom. The highest BCUT2D eigenvalue weighted by atomic mass is 16.2. The van der Waals surface area contributed by atoms with Crippen molar-refractivity contribution >= 4 is 17.5 Å². The fraction of sp³-hybridized carbons (Fsp3) is 0.600. The summed E-state index contributed by atoms with van der Waals surface area (Å²) in [4.78, 5) is 26.0. The highest BCUT2D eigenvalue weighted by molar-refractivity contribution is 5.92. The molecule has 0 saturated carbocycles. The van der Waals surface area contributed by atoms with Gasteiger partial charge in [-0.05, 0) is 51.8 Å². The summed E-state index contributed by atoms with van der Waals surface area (Å²) in [5, 5.41) is 5.90. The second-order valence-corrected chi connectivity index (χ2v) is 8.76. The third-order valence-electron chi connectivity index (χ3n) is 3.61. The molecule has 1 rings (SSSR count). The van der Waals surface area contributed by atoms with Gasteiger partial charge in [0.25, 0.3) is 0 Å². The van der Waals surface area contributed by atoms with Gasteiger partial charge in [-0.2, -0.15) is 0 Å². The zero-order chi connectivity index (χ0) is 19.3. The second kappa shape index (κ2) is 8.48. The Balaban J connectivity index is 2.44. The SMILES string of the molecule is Cc1ccc(NC(=O)CN(C)CC(=O)NC(C)(C)CC(C)(C)C)cc1. The van der Waals surface area contributed by atoms with E-state index in [-0.39, 0.29) is 35.9 Å². The number of anilines is 1. The van der Waals surface area contributed by atoms with Crippen LogP contribution in [-0.2, 0) is 9.59 Å². The minimum absolute atomic E-state index is 0.0696. The molecule has 1 aromatic carbocycles. The first-order chi connectivity index (χ1) is 11.4. The lowest BCUT2D eigenvalue weighted by Gasteiger charge is -2.33. The van der Waals surface area contributed by atoms with E-state index in [1.807, 2.05) is 45.0 Å². The van der Waals surface area contributed by atoms with Crippen LogP contribution in [0.3, 0.4) is 0 Å². The average molecular weight is 348 g/mol. The fourth-order valence-electron chi connectivity index (χ4n) is 3.17. The quantitative estimate of drug-likeness (QED) is 0.796. The second-order valence-electron chi connectivity index (χ2n) is 8.76.